The number of hydrogen-bond acceptors (Lipinski definition) is 5. The number of rotatable bonds is 6. The molecule has 4 rings (SSSR count). The molecule has 1 aliphatic heterocycles. The number of nitrogens with zero attached hydrogens (tertiary/aromatic N) is 2. The summed E-state index contributed by atoms with van der Waals surface area (Å²) in [4.78, 5) is 24.8. The molecule has 3 aromatic rings. The van der Waals surface area contributed by atoms with E-state index >= 15 is 0 Å². The van der Waals surface area contributed by atoms with Crippen molar-refractivity contribution >= 4 is 33.0 Å². The highest BCUT2D eigenvalue weighted by atomic mass is 32.2. The topological polar surface area (TPSA) is 110 Å². The standard InChI is InChI=1S/C22H18FN3O5S/c23-17-4-9-20(10-5-17)32(30,31)24-18-6-1-15(2-7-18)13-22(27)25-12-11-16-3-8-19(26(28)29)14-21(16)25/h1-10,14,24H,11-13H2. The molecular weight excluding hydrogens is 437 g/mol. The SMILES string of the molecule is O=C(Cc1ccc(NS(=O)(=O)c2ccc(F)cc2)cc1)N1CCc2ccc([N+](=O)[O-])cc21. The zero-order valence-electron chi connectivity index (χ0n) is 16.7. The number of benzene rings is 3. The Kier molecular flexibility index (Phi) is 5.62. The second-order valence-electron chi connectivity index (χ2n) is 7.30. The summed E-state index contributed by atoms with van der Waals surface area (Å²) in [5, 5.41) is 11.0. The lowest BCUT2D eigenvalue weighted by molar-refractivity contribution is -0.384. The first-order chi connectivity index (χ1) is 15.2. The zero-order valence-corrected chi connectivity index (χ0v) is 17.5. The molecule has 1 aliphatic rings. The quantitative estimate of drug-likeness (QED) is 0.451. The van der Waals surface area contributed by atoms with Crippen molar-refractivity contribution < 1.29 is 22.5 Å². The van der Waals surface area contributed by atoms with E-state index in [2.05, 4.69) is 4.72 Å². The highest BCUT2D eigenvalue weighted by molar-refractivity contribution is 7.92. The van der Waals surface area contributed by atoms with Gasteiger partial charge in [0.25, 0.3) is 15.7 Å². The van der Waals surface area contributed by atoms with Crippen molar-refractivity contribution in [3.63, 3.8) is 0 Å². The monoisotopic (exact) mass is 455 g/mol. The molecule has 10 heteroatoms. The molecule has 1 heterocycles. The molecule has 0 bridgehead atoms. The van der Waals surface area contributed by atoms with E-state index in [1.165, 1.54) is 41.3 Å². The van der Waals surface area contributed by atoms with Crippen molar-refractivity contribution in [2.24, 2.45) is 0 Å². The van der Waals surface area contributed by atoms with Gasteiger partial charge in [0, 0.05) is 24.4 Å². The molecule has 0 radical (unpaired) electrons. The highest BCUT2D eigenvalue weighted by Gasteiger charge is 2.26. The Balaban J connectivity index is 1.45. The van der Waals surface area contributed by atoms with Gasteiger partial charge in [0.15, 0.2) is 0 Å². The fraction of sp³-hybridized carbons (Fsp3) is 0.136. The van der Waals surface area contributed by atoms with E-state index in [1.807, 2.05) is 0 Å². The van der Waals surface area contributed by atoms with E-state index in [1.54, 1.807) is 18.2 Å². The molecule has 0 spiro atoms. The van der Waals surface area contributed by atoms with Crippen molar-refractivity contribution in [3.8, 4) is 0 Å². The van der Waals surface area contributed by atoms with Crippen LogP contribution in [0.5, 0.6) is 0 Å². The lowest BCUT2D eigenvalue weighted by Crippen LogP contribution is -2.30. The lowest BCUT2D eigenvalue weighted by atomic mass is 10.1. The first-order valence-electron chi connectivity index (χ1n) is 9.68. The molecule has 3 aromatic carbocycles. The van der Waals surface area contributed by atoms with E-state index in [4.69, 9.17) is 0 Å². The van der Waals surface area contributed by atoms with Gasteiger partial charge < -0.3 is 4.90 Å². The van der Waals surface area contributed by atoms with Crippen LogP contribution in [0.2, 0.25) is 0 Å². The number of anilines is 2. The third-order valence-electron chi connectivity index (χ3n) is 5.16. The van der Waals surface area contributed by atoms with Gasteiger partial charge in [-0.15, -0.1) is 0 Å². The Morgan fingerprint density at radius 1 is 1.06 bits per heavy atom. The third kappa shape index (κ3) is 4.45. The molecule has 1 amide bonds. The predicted octanol–water partition coefficient (Wildman–Crippen LogP) is 3.67. The molecule has 0 aliphatic carbocycles. The lowest BCUT2D eigenvalue weighted by Gasteiger charge is -2.17. The minimum absolute atomic E-state index is 0.0626. The van der Waals surface area contributed by atoms with Crippen molar-refractivity contribution in [3.05, 3.63) is 93.8 Å². The summed E-state index contributed by atoms with van der Waals surface area (Å²) in [5.74, 6) is -0.739. The number of nitro benzene ring substituents is 1. The molecule has 164 valence electrons. The summed E-state index contributed by atoms with van der Waals surface area (Å²) >= 11 is 0. The van der Waals surface area contributed by atoms with Gasteiger partial charge in [0.1, 0.15) is 5.82 Å². The molecule has 1 N–H and O–H groups in total. The Morgan fingerprint density at radius 2 is 1.75 bits per heavy atom. The normalized spacial score (nSPS) is 13.0. The van der Waals surface area contributed by atoms with Crippen molar-refractivity contribution in [2.75, 3.05) is 16.2 Å². The van der Waals surface area contributed by atoms with Crippen LogP contribution in [0.25, 0.3) is 0 Å². The zero-order chi connectivity index (χ0) is 22.9. The van der Waals surface area contributed by atoms with E-state index in [9.17, 15) is 27.7 Å². The minimum Gasteiger partial charge on any atom is -0.311 e. The fourth-order valence-electron chi connectivity index (χ4n) is 3.53. The maximum Gasteiger partial charge on any atom is 0.271 e. The van der Waals surface area contributed by atoms with Crippen molar-refractivity contribution in [1.82, 2.24) is 0 Å². The number of halogens is 1. The van der Waals surface area contributed by atoms with Gasteiger partial charge in [-0.1, -0.05) is 18.2 Å². The van der Waals surface area contributed by atoms with Crippen LogP contribution in [0.3, 0.4) is 0 Å². The fourth-order valence-corrected chi connectivity index (χ4v) is 4.59. The Morgan fingerprint density at radius 3 is 2.41 bits per heavy atom. The first-order valence-corrected chi connectivity index (χ1v) is 11.2. The number of nitrogens with one attached hydrogen (secondary N) is 1. The average molecular weight is 455 g/mol. The van der Waals surface area contributed by atoms with E-state index in [0.717, 1.165) is 17.7 Å². The van der Waals surface area contributed by atoms with Crippen LogP contribution in [0.15, 0.2) is 71.6 Å². The summed E-state index contributed by atoms with van der Waals surface area (Å²) < 4.78 is 40.2. The summed E-state index contributed by atoms with van der Waals surface area (Å²) in [6.07, 6.45) is 0.691. The number of fused-ring (bicyclic) bond motifs is 1. The second kappa shape index (κ2) is 8.39. The van der Waals surface area contributed by atoms with Crippen LogP contribution >= 0.6 is 0 Å². The van der Waals surface area contributed by atoms with E-state index < -0.39 is 20.8 Å². The minimum atomic E-state index is -3.87. The second-order valence-corrected chi connectivity index (χ2v) is 8.98. The predicted molar refractivity (Wildman–Crippen MR) is 117 cm³/mol. The smallest absolute Gasteiger partial charge is 0.271 e. The number of sulfonamides is 1. The highest BCUT2D eigenvalue weighted by Crippen LogP contribution is 2.32. The van der Waals surface area contributed by atoms with Gasteiger partial charge in [-0.2, -0.15) is 0 Å². The first kappa shape index (κ1) is 21.4. The van der Waals surface area contributed by atoms with Gasteiger partial charge in [0.05, 0.1) is 21.9 Å². The number of non-ortho nitro benzene ring substituents is 1. The number of amides is 1. The molecule has 0 saturated carbocycles. The van der Waals surface area contributed by atoms with Crippen LogP contribution in [-0.4, -0.2) is 25.8 Å². The Bertz CT molecular complexity index is 1290. The van der Waals surface area contributed by atoms with Crippen LogP contribution in [0.1, 0.15) is 11.1 Å². The molecule has 0 atom stereocenters. The van der Waals surface area contributed by atoms with Gasteiger partial charge in [-0.3, -0.25) is 19.6 Å². The van der Waals surface area contributed by atoms with Gasteiger partial charge in [-0.25, -0.2) is 12.8 Å². The van der Waals surface area contributed by atoms with Crippen LogP contribution in [-0.2, 0) is 27.7 Å². The maximum absolute atomic E-state index is 13.0. The third-order valence-corrected chi connectivity index (χ3v) is 6.56. The summed E-state index contributed by atoms with van der Waals surface area (Å²) in [6.45, 7) is 0.449. The molecule has 0 fully saturated rings. The molecule has 0 aromatic heterocycles. The van der Waals surface area contributed by atoms with E-state index in [0.29, 0.717) is 29.9 Å². The number of nitro groups is 1. The molecule has 0 saturated heterocycles. The molecule has 0 unspecified atom stereocenters. The summed E-state index contributed by atoms with van der Waals surface area (Å²) in [7, 11) is -3.87. The van der Waals surface area contributed by atoms with Gasteiger partial charge in [0.2, 0.25) is 5.91 Å². The maximum atomic E-state index is 13.0. The largest absolute Gasteiger partial charge is 0.311 e. The van der Waals surface area contributed by atoms with Crippen molar-refractivity contribution in [2.45, 2.75) is 17.7 Å². The number of carbonyl (C=O) groups is 1. The van der Waals surface area contributed by atoms with Crippen LogP contribution in [0, 0.1) is 15.9 Å². The Labute approximate surface area is 183 Å². The van der Waals surface area contributed by atoms with Crippen LogP contribution in [0.4, 0.5) is 21.5 Å². The van der Waals surface area contributed by atoms with Gasteiger partial charge in [-0.05, 0) is 53.9 Å². The van der Waals surface area contributed by atoms with Gasteiger partial charge >= 0.3 is 0 Å². The molecular formula is C22H18FN3O5S. The summed E-state index contributed by atoms with van der Waals surface area (Å²) in [6, 6.07) is 15.3. The van der Waals surface area contributed by atoms with Crippen molar-refractivity contribution in [1.29, 1.82) is 0 Å². The molecule has 8 nitrogen and oxygen atoms in total. The van der Waals surface area contributed by atoms with E-state index in [-0.39, 0.29) is 22.9 Å². The number of hydrogen-bond donors (Lipinski definition) is 1. The molecule has 32 heavy (non-hydrogen) atoms. The van der Waals surface area contributed by atoms with Crippen LogP contribution < -0.4 is 9.62 Å². The number of carbonyl (C=O) groups excluding carboxylic acids is 1. The summed E-state index contributed by atoms with van der Waals surface area (Å²) in [5.41, 5.74) is 2.33. The Hall–Kier alpha value is -3.79. The average Bonchev–Trinajstić information content (AvgIpc) is 3.18.